The van der Waals surface area contributed by atoms with E-state index >= 15 is 0 Å². The minimum Gasteiger partial charge on any atom is -0.492 e. The van der Waals surface area contributed by atoms with Gasteiger partial charge in [-0.25, -0.2) is 4.98 Å². The Morgan fingerprint density at radius 3 is 2.88 bits per heavy atom. The molecule has 0 spiro atoms. The van der Waals surface area contributed by atoms with Crippen LogP contribution in [0.4, 0.5) is 5.13 Å². The maximum atomic E-state index is 5.87. The number of benzene rings is 1. The number of fused-ring (bicyclic) bond motifs is 3. The molecule has 3 rings (SSSR count). The molecule has 17 heavy (non-hydrogen) atoms. The molecule has 0 aliphatic carbocycles. The molecule has 1 aromatic heterocycles. The van der Waals surface area contributed by atoms with Gasteiger partial charge in [0.05, 0.1) is 12.3 Å². The highest BCUT2D eigenvalue weighted by Gasteiger charge is 2.22. The Morgan fingerprint density at radius 1 is 1.29 bits per heavy atom. The fourth-order valence-electron chi connectivity index (χ4n) is 2.25. The Kier molecular flexibility index (Phi) is 2.33. The van der Waals surface area contributed by atoms with Crippen molar-refractivity contribution in [3.63, 3.8) is 0 Å². The molecule has 2 N–H and O–H groups in total. The van der Waals surface area contributed by atoms with Crippen LogP contribution >= 0.6 is 11.3 Å². The number of aromatic nitrogens is 1. The molecule has 0 saturated carbocycles. The summed E-state index contributed by atoms with van der Waals surface area (Å²) in [6.07, 6.45) is 0.887. The van der Waals surface area contributed by atoms with Gasteiger partial charge < -0.3 is 10.5 Å². The Labute approximate surface area is 104 Å². The van der Waals surface area contributed by atoms with Gasteiger partial charge in [-0.3, -0.25) is 0 Å². The van der Waals surface area contributed by atoms with Crippen molar-refractivity contribution in [3.05, 3.63) is 28.1 Å². The minimum absolute atomic E-state index is 0.642. The highest BCUT2D eigenvalue weighted by Crippen LogP contribution is 2.41. The first-order chi connectivity index (χ1) is 8.16. The van der Waals surface area contributed by atoms with Crippen LogP contribution in [0.15, 0.2) is 12.1 Å². The van der Waals surface area contributed by atoms with Crippen molar-refractivity contribution in [3.8, 4) is 17.0 Å². The first-order valence-corrected chi connectivity index (χ1v) is 6.47. The third-order valence-corrected chi connectivity index (χ3v) is 4.03. The molecule has 0 bridgehead atoms. The fourth-order valence-corrected chi connectivity index (χ4v) is 3.07. The standard InChI is InChI=1S/C13H14N2OS/c1-7-3-4-8(2)12-10(7)11-9(5-6-16-12)17-13(14)15-11/h3-4H,5-6H2,1-2H3,(H2,14,15). The molecule has 0 saturated heterocycles. The van der Waals surface area contributed by atoms with Crippen molar-refractivity contribution in [2.75, 3.05) is 12.3 Å². The number of hydrogen-bond acceptors (Lipinski definition) is 4. The molecular weight excluding hydrogens is 232 g/mol. The number of aryl methyl sites for hydroxylation is 2. The van der Waals surface area contributed by atoms with Crippen LogP contribution in [0.1, 0.15) is 16.0 Å². The maximum absolute atomic E-state index is 5.87. The second-order valence-electron chi connectivity index (χ2n) is 4.33. The Bertz CT molecular complexity index is 589. The first kappa shape index (κ1) is 10.6. The van der Waals surface area contributed by atoms with Gasteiger partial charge in [0.25, 0.3) is 0 Å². The Morgan fingerprint density at radius 2 is 2.06 bits per heavy atom. The van der Waals surface area contributed by atoms with Crippen LogP contribution in [0.25, 0.3) is 11.3 Å². The fraction of sp³-hybridized carbons (Fsp3) is 0.308. The lowest BCUT2D eigenvalue weighted by atomic mass is 10.0. The van der Waals surface area contributed by atoms with E-state index in [-0.39, 0.29) is 0 Å². The molecule has 0 atom stereocenters. The van der Waals surface area contributed by atoms with Gasteiger partial charge in [-0.2, -0.15) is 0 Å². The summed E-state index contributed by atoms with van der Waals surface area (Å²) < 4.78 is 5.87. The summed E-state index contributed by atoms with van der Waals surface area (Å²) in [7, 11) is 0. The van der Waals surface area contributed by atoms with Gasteiger partial charge in [-0.1, -0.05) is 12.1 Å². The van der Waals surface area contributed by atoms with Crippen molar-refractivity contribution in [2.24, 2.45) is 0 Å². The van der Waals surface area contributed by atoms with Crippen molar-refractivity contribution in [2.45, 2.75) is 20.3 Å². The number of hydrogen-bond donors (Lipinski definition) is 1. The maximum Gasteiger partial charge on any atom is 0.180 e. The average molecular weight is 246 g/mol. The Hall–Kier alpha value is -1.55. The summed E-state index contributed by atoms with van der Waals surface area (Å²) in [5, 5.41) is 0.642. The number of anilines is 1. The molecule has 88 valence electrons. The minimum atomic E-state index is 0.642. The SMILES string of the molecule is Cc1ccc(C)c2c1OCCc1sc(N)nc1-2. The lowest BCUT2D eigenvalue weighted by Crippen LogP contribution is -1.99. The van der Waals surface area contributed by atoms with E-state index in [1.54, 1.807) is 11.3 Å². The largest absolute Gasteiger partial charge is 0.492 e. The molecule has 0 unspecified atom stereocenters. The third kappa shape index (κ3) is 1.60. The van der Waals surface area contributed by atoms with Gasteiger partial charge in [0.15, 0.2) is 5.13 Å². The van der Waals surface area contributed by atoms with E-state index in [9.17, 15) is 0 Å². The zero-order valence-electron chi connectivity index (χ0n) is 9.91. The zero-order valence-corrected chi connectivity index (χ0v) is 10.7. The second kappa shape index (κ2) is 3.74. The predicted molar refractivity (Wildman–Crippen MR) is 70.6 cm³/mol. The summed E-state index contributed by atoms with van der Waals surface area (Å²) in [4.78, 5) is 5.70. The molecular formula is C13H14N2OS. The highest BCUT2D eigenvalue weighted by atomic mass is 32.1. The normalized spacial score (nSPS) is 13.5. The van der Waals surface area contributed by atoms with Crippen LogP contribution in [-0.2, 0) is 6.42 Å². The molecule has 1 aromatic carbocycles. The number of thiazole rings is 1. The predicted octanol–water partition coefficient (Wildman–Crippen LogP) is 2.94. The highest BCUT2D eigenvalue weighted by molar-refractivity contribution is 7.15. The van der Waals surface area contributed by atoms with Crippen molar-refractivity contribution >= 4 is 16.5 Å². The van der Waals surface area contributed by atoms with Crippen LogP contribution in [0.3, 0.4) is 0 Å². The van der Waals surface area contributed by atoms with E-state index in [1.807, 2.05) is 0 Å². The Balaban J connectivity index is 2.34. The van der Waals surface area contributed by atoms with E-state index in [1.165, 1.54) is 10.4 Å². The van der Waals surface area contributed by atoms with Crippen LogP contribution < -0.4 is 10.5 Å². The molecule has 4 heteroatoms. The lowest BCUT2D eigenvalue weighted by Gasteiger charge is -2.12. The molecule has 2 aromatic rings. The van der Waals surface area contributed by atoms with Crippen LogP contribution in [0, 0.1) is 13.8 Å². The molecule has 0 fully saturated rings. The van der Waals surface area contributed by atoms with E-state index in [0.29, 0.717) is 11.7 Å². The van der Waals surface area contributed by atoms with Gasteiger partial charge >= 0.3 is 0 Å². The number of nitrogens with two attached hydrogens (primary N) is 1. The van der Waals surface area contributed by atoms with E-state index in [4.69, 9.17) is 10.5 Å². The van der Waals surface area contributed by atoms with Crippen molar-refractivity contribution in [1.82, 2.24) is 4.98 Å². The first-order valence-electron chi connectivity index (χ1n) is 5.65. The number of nitrogens with zero attached hydrogens (tertiary/aromatic N) is 1. The topological polar surface area (TPSA) is 48.1 Å². The molecule has 0 radical (unpaired) electrons. The summed E-state index contributed by atoms with van der Waals surface area (Å²) in [6.45, 7) is 4.86. The van der Waals surface area contributed by atoms with Gasteiger partial charge in [0.1, 0.15) is 5.75 Å². The van der Waals surface area contributed by atoms with E-state index < -0.39 is 0 Å². The molecule has 0 amide bonds. The van der Waals surface area contributed by atoms with E-state index in [0.717, 1.165) is 29.0 Å². The molecule has 1 aliphatic rings. The van der Waals surface area contributed by atoms with Crippen LogP contribution in [0.2, 0.25) is 0 Å². The zero-order chi connectivity index (χ0) is 12.0. The van der Waals surface area contributed by atoms with Crippen molar-refractivity contribution < 1.29 is 4.74 Å². The van der Waals surface area contributed by atoms with Gasteiger partial charge in [-0.05, 0) is 25.0 Å². The summed E-state index contributed by atoms with van der Waals surface area (Å²) in [5.41, 5.74) is 10.3. The number of rotatable bonds is 0. The second-order valence-corrected chi connectivity index (χ2v) is 5.44. The van der Waals surface area contributed by atoms with Crippen molar-refractivity contribution in [1.29, 1.82) is 0 Å². The molecule has 3 nitrogen and oxygen atoms in total. The smallest absolute Gasteiger partial charge is 0.180 e. The average Bonchev–Trinajstić information content (AvgIpc) is 2.55. The molecule has 1 aliphatic heterocycles. The van der Waals surface area contributed by atoms with Gasteiger partial charge in [-0.15, -0.1) is 11.3 Å². The lowest BCUT2D eigenvalue weighted by molar-refractivity contribution is 0.325. The number of ether oxygens (including phenoxy) is 1. The summed E-state index contributed by atoms with van der Waals surface area (Å²) in [5.74, 6) is 0.967. The number of nitrogen functional groups attached to an aromatic ring is 1. The van der Waals surface area contributed by atoms with Crippen LogP contribution in [-0.4, -0.2) is 11.6 Å². The molecule has 2 heterocycles. The monoisotopic (exact) mass is 246 g/mol. The van der Waals surface area contributed by atoms with E-state index in [2.05, 4.69) is 31.0 Å². The summed E-state index contributed by atoms with van der Waals surface area (Å²) >= 11 is 1.57. The van der Waals surface area contributed by atoms with Gasteiger partial charge in [0.2, 0.25) is 0 Å². The van der Waals surface area contributed by atoms with Gasteiger partial charge in [0, 0.05) is 16.9 Å². The van der Waals surface area contributed by atoms with Crippen LogP contribution in [0.5, 0.6) is 5.75 Å². The quantitative estimate of drug-likeness (QED) is 0.777. The summed E-state index contributed by atoms with van der Waals surface area (Å²) in [6, 6.07) is 4.21. The third-order valence-electron chi connectivity index (χ3n) is 3.09.